The van der Waals surface area contributed by atoms with E-state index in [1.807, 2.05) is 30.3 Å². The van der Waals surface area contributed by atoms with Gasteiger partial charge in [-0.15, -0.1) is 0 Å². The average Bonchev–Trinajstić information content (AvgIpc) is 2.49. The molecule has 0 aromatic heterocycles. The van der Waals surface area contributed by atoms with E-state index in [4.69, 9.17) is 9.84 Å². The highest BCUT2D eigenvalue weighted by Gasteiger charge is 2.13. The Balaban J connectivity index is 2.07. The molecule has 6 heteroatoms. The number of carboxylic acids is 1. The van der Waals surface area contributed by atoms with Crippen molar-refractivity contribution in [1.82, 2.24) is 10.6 Å². The molecule has 0 fully saturated rings. The van der Waals surface area contributed by atoms with Crippen LogP contribution in [-0.4, -0.2) is 36.8 Å². The van der Waals surface area contributed by atoms with E-state index in [9.17, 15) is 9.59 Å². The van der Waals surface area contributed by atoms with Gasteiger partial charge in [-0.3, -0.25) is 4.79 Å². The Hall–Kier alpha value is -2.08. The lowest BCUT2D eigenvalue weighted by atomic mass is 10.1. The highest BCUT2D eigenvalue weighted by molar-refractivity contribution is 5.73. The molecule has 0 bridgehead atoms. The van der Waals surface area contributed by atoms with Crippen molar-refractivity contribution in [3.05, 3.63) is 35.9 Å². The zero-order chi connectivity index (χ0) is 15.5. The van der Waals surface area contributed by atoms with Gasteiger partial charge in [-0.1, -0.05) is 30.3 Å². The van der Waals surface area contributed by atoms with Crippen LogP contribution in [0.15, 0.2) is 30.3 Å². The van der Waals surface area contributed by atoms with Crippen molar-refractivity contribution in [3.8, 4) is 0 Å². The first-order valence-corrected chi connectivity index (χ1v) is 6.98. The van der Waals surface area contributed by atoms with Gasteiger partial charge in [0.25, 0.3) is 0 Å². The monoisotopic (exact) mass is 294 g/mol. The van der Waals surface area contributed by atoms with Crippen molar-refractivity contribution < 1.29 is 19.4 Å². The van der Waals surface area contributed by atoms with Gasteiger partial charge in [0.15, 0.2) is 0 Å². The Kier molecular flexibility index (Phi) is 7.89. The van der Waals surface area contributed by atoms with Gasteiger partial charge in [0, 0.05) is 6.54 Å². The van der Waals surface area contributed by atoms with Crippen LogP contribution in [-0.2, 0) is 16.1 Å². The number of ether oxygens (including phenoxy) is 1. The number of likely N-dealkylation sites (N-methyl/N-ethyl adjacent to an activating group) is 1. The van der Waals surface area contributed by atoms with E-state index in [-0.39, 0.29) is 6.61 Å². The van der Waals surface area contributed by atoms with Gasteiger partial charge < -0.3 is 20.5 Å². The SMILES string of the molecule is CNC(CCCCNC(=O)OCc1ccccc1)C(=O)O. The van der Waals surface area contributed by atoms with Crippen LogP contribution in [0.1, 0.15) is 24.8 Å². The third-order valence-corrected chi connectivity index (χ3v) is 3.05. The molecular formula is C15H22N2O4. The number of hydrogen-bond acceptors (Lipinski definition) is 4. The zero-order valence-corrected chi connectivity index (χ0v) is 12.2. The average molecular weight is 294 g/mol. The Morgan fingerprint density at radius 2 is 1.95 bits per heavy atom. The van der Waals surface area contributed by atoms with E-state index < -0.39 is 18.1 Å². The van der Waals surface area contributed by atoms with Crippen LogP contribution < -0.4 is 10.6 Å². The fourth-order valence-electron chi connectivity index (χ4n) is 1.83. The van der Waals surface area contributed by atoms with Crippen LogP contribution in [0.25, 0.3) is 0 Å². The van der Waals surface area contributed by atoms with E-state index in [1.165, 1.54) is 0 Å². The summed E-state index contributed by atoms with van der Waals surface area (Å²) in [5, 5.41) is 14.2. The summed E-state index contributed by atoms with van der Waals surface area (Å²) in [4.78, 5) is 22.2. The van der Waals surface area contributed by atoms with Gasteiger partial charge in [0.1, 0.15) is 12.6 Å². The molecule has 1 rings (SSSR count). The lowest BCUT2D eigenvalue weighted by Gasteiger charge is -2.11. The van der Waals surface area contributed by atoms with Gasteiger partial charge in [0.05, 0.1) is 0 Å². The summed E-state index contributed by atoms with van der Waals surface area (Å²) in [5.74, 6) is -0.854. The number of carbonyl (C=O) groups excluding carboxylic acids is 1. The van der Waals surface area contributed by atoms with Crippen molar-refractivity contribution in [2.45, 2.75) is 31.9 Å². The maximum absolute atomic E-state index is 11.4. The normalized spacial score (nSPS) is 11.7. The fourth-order valence-corrected chi connectivity index (χ4v) is 1.83. The van der Waals surface area contributed by atoms with Crippen molar-refractivity contribution in [3.63, 3.8) is 0 Å². The summed E-state index contributed by atoms with van der Waals surface area (Å²) in [6.07, 6.45) is 1.51. The Bertz CT molecular complexity index is 437. The highest BCUT2D eigenvalue weighted by atomic mass is 16.5. The maximum Gasteiger partial charge on any atom is 0.407 e. The quantitative estimate of drug-likeness (QED) is 0.604. The standard InChI is InChI=1S/C15H22N2O4/c1-16-13(14(18)19)9-5-6-10-17-15(20)21-11-12-7-3-2-4-8-12/h2-4,7-8,13,16H,5-6,9-11H2,1H3,(H,17,20)(H,18,19). The second kappa shape index (κ2) is 9.77. The van der Waals surface area contributed by atoms with E-state index in [0.717, 1.165) is 12.0 Å². The highest BCUT2D eigenvalue weighted by Crippen LogP contribution is 2.02. The molecule has 0 saturated carbocycles. The largest absolute Gasteiger partial charge is 0.480 e. The van der Waals surface area contributed by atoms with E-state index in [2.05, 4.69) is 10.6 Å². The molecule has 1 amide bonds. The van der Waals surface area contributed by atoms with E-state index in [0.29, 0.717) is 19.4 Å². The summed E-state index contributed by atoms with van der Waals surface area (Å²) in [6.45, 7) is 0.719. The third-order valence-electron chi connectivity index (χ3n) is 3.05. The number of nitrogens with one attached hydrogen (secondary N) is 2. The Labute approximate surface area is 124 Å². The van der Waals surface area contributed by atoms with Crippen LogP contribution in [0, 0.1) is 0 Å². The van der Waals surface area contributed by atoms with Crippen molar-refractivity contribution in [2.75, 3.05) is 13.6 Å². The van der Waals surface area contributed by atoms with Crippen molar-refractivity contribution >= 4 is 12.1 Å². The number of carbonyl (C=O) groups is 2. The number of aliphatic carboxylic acids is 1. The first-order valence-electron chi connectivity index (χ1n) is 6.98. The van der Waals surface area contributed by atoms with Gasteiger partial charge >= 0.3 is 12.1 Å². The molecule has 0 radical (unpaired) electrons. The number of alkyl carbamates (subject to hydrolysis) is 1. The number of benzene rings is 1. The fraction of sp³-hybridized carbons (Fsp3) is 0.467. The maximum atomic E-state index is 11.4. The van der Waals surface area contributed by atoms with Crippen molar-refractivity contribution in [2.24, 2.45) is 0 Å². The lowest BCUT2D eigenvalue weighted by molar-refractivity contribution is -0.139. The molecule has 0 spiro atoms. The molecule has 0 aliphatic rings. The van der Waals surface area contributed by atoms with Gasteiger partial charge in [-0.2, -0.15) is 0 Å². The van der Waals surface area contributed by atoms with Gasteiger partial charge in [-0.05, 0) is 31.9 Å². The van der Waals surface area contributed by atoms with E-state index >= 15 is 0 Å². The first kappa shape index (κ1) is 17.0. The minimum Gasteiger partial charge on any atom is -0.480 e. The molecule has 1 atom stereocenters. The smallest absolute Gasteiger partial charge is 0.407 e. The minimum absolute atomic E-state index is 0.244. The number of amides is 1. The first-order chi connectivity index (χ1) is 10.1. The van der Waals surface area contributed by atoms with Crippen LogP contribution in [0.5, 0.6) is 0 Å². The lowest BCUT2D eigenvalue weighted by Crippen LogP contribution is -2.34. The molecule has 3 N–H and O–H groups in total. The molecular weight excluding hydrogens is 272 g/mol. The number of rotatable bonds is 9. The second-order valence-corrected chi connectivity index (χ2v) is 4.66. The van der Waals surface area contributed by atoms with Gasteiger partial charge in [-0.25, -0.2) is 4.79 Å². The minimum atomic E-state index is -0.854. The summed E-state index contributed by atoms with van der Waals surface area (Å²) < 4.78 is 5.06. The predicted octanol–water partition coefficient (Wildman–Crippen LogP) is 1.76. The molecule has 0 aliphatic carbocycles. The molecule has 6 nitrogen and oxygen atoms in total. The summed E-state index contributed by atoms with van der Waals surface area (Å²) in [6, 6.07) is 8.91. The Morgan fingerprint density at radius 3 is 2.57 bits per heavy atom. The van der Waals surface area contributed by atoms with Gasteiger partial charge in [0.2, 0.25) is 0 Å². The molecule has 0 aliphatic heterocycles. The van der Waals surface area contributed by atoms with Crippen LogP contribution in [0.4, 0.5) is 4.79 Å². The number of unbranched alkanes of at least 4 members (excludes halogenated alkanes) is 1. The van der Waals surface area contributed by atoms with Crippen LogP contribution in [0.3, 0.4) is 0 Å². The van der Waals surface area contributed by atoms with Crippen molar-refractivity contribution in [1.29, 1.82) is 0 Å². The number of hydrogen-bond donors (Lipinski definition) is 3. The molecule has 0 heterocycles. The Morgan fingerprint density at radius 1 is 1.24 bits per heavy atom. The molecule has 1 unspecified atom stereocenters. The molecule has 116 valence electrons. The number of carboxylic acid groups (broad SMARTS) is 1. The molecule has 1 aromatic carbocycles. The summed E-state index contributed by atoms with van der Waals surface area (Å²) in [5.41, 5.74) is 0.936. The van der Waals surface area contributed by atoms with E-state index in [1.54, 1.807) is 7.05 Å². The second-order valence-electron chi connectivity index (χ2n) is 4.66. The summed E-state index contributed by atoms with van der Waals surface area (Å²) in [7, 11) is 1.62. The predicted molar refractivity (Wildman–Crippen MR) is 79.0 cm³/mol. The van der Waals surface area contributed by atoms with Crippen LogP contribution >= 0.6 is 0 Å². The van der Waals surface area contributed by atoms with Crippen LogP contribution in [0.2, 0.25) is 0 Å². The topological polar surface area (TPSA) is 87.7 Å². The molecule has 21 heavy (non-hydrogen) atoms. The third kappa shape index (κ3) is 7.31. The molecule has 0 saturated heterocycles. The zero-order valence-electron chi connectivity index (χ0n) is 12.2. The summed E-state index contributed by atoms with van der Waals surface area (Å²) >= 11 is 0. The molecule has 1 aromatic rings.